The average molecular weight is 345 g/mol. The highest BCUT2D eigenvalue weighted by molar-refractivity contribution is 8.76. The van der Waals surface area contributed by atoms with E-state index in [2.05, 4.69) is 10.4 Å². The standard InChI is InChI=1S/C14H23N3O3S2/c1-11-10-12(2)17(16-11)7-3-4-13(18)15-6-9-22-21-8-5-14(19)20/h10H,3-9H2,1-2H3,(H,15,18)(H,19,20). The minimum Gasteiger partial charge on any atom is -0.481 e. The number of nitrogens with zero attached hydrogens (tertiary/aromatic N) is 2. The van der Waals surface area contributed by atoms with Gasteiger partial charge in [-0.1, -0.05) is 21.6 Å². The van der Waals surface area contributed by atoms with E-state index in [-0.39, 0.29) is 12.3 Å². The first kappa shape index (κ1) is 18.9. The number of aliphatic carboxylic acids is 1. The van der Waals surface area contributed by atoms with Crippen molar-refractivity contribution in [3.63, 3.8) is 0 Å². The summed E-state index contributed by atoms with van der Waals surface area (Å²) in [5, 5.41) is 15.7. The summed E-state index contributed by atoms with van der Waals surface area (Å²) in [5.74, 6) is 0.658. The Bertz CT molecular complexity index is 492. The second kappa shape index (κ2) is 10.6. The predicted octanol–water partition coefficient (Wildman–Crippen LogP) is 2.25. The van der Waals surface area contributed by atoms with Crippen LogP contribution in [-0.2, 0) is 16.1 Å². The highest BCUT2D eigenvalue weighted by atomic mass is 33.1. The SMILES string of the molecule is Cc1cc(C)n(CCCC(=O)NCCSSCCC(=O)O)n1. The lowest BCUT2D eigenvalue weighted by Gasteiger charge is -2.06. The fourth-order valence-corrected chi connectivity index (χ4v) is 3.74. The van der Waals surface area contributed by atoms with Crippen molar-refractivity contribution in [2.24, 2.45) is 0 Å². The van der Waals surface area contributed by atoms with Crippen LogP contribution in [0.2, 0.25) is 0 Å². The minimum atomic E-state index is -0.774. The molecular weight excluding hydrogens is 322 g/mol. The van der Waals surface area contributed by atoms with Gasteiger partial charge in [0.05, 0.1) is 12.1 Å². The molecule has 0 unspecified atom stereocenters. The molecule has 2 N–H and O–H groups in total. The molecule has 8 heteroatoms. The third-order valence-electron chi connectivity index (χ3n) is 2.87. The summed E-state index contributed by atoms with van der Waals surface area (Å²) >= 11 is 0. The molecule has 0 fully saturated rings. The Balaban J connectivity index is 2.00. The quantitative estimate of drug-likeness (QED) is 0.473. The number of aromatic nitrogens is 2. The summed E-state index contributed by atoms with van der Waals surface area (Å²) in [6.45, 7) is 5.35. The van der Waals surface area contributed by atoms with Crippen molar-refractivity contribution in [2.75, 3.05) is 18.1 Å². The molecule has 0 aromatic carbocycles. The second-order valence-electron chi connectivity index (χ2n) is 4.89. The molecule has 0 aliphatic rings. The molecular formula is C14H23N3O3S2. The van der Waals surface area contributed by atoms with Crippen LogP contribution in [0.3, 0.4) is 0 Å². The van der Waals surface area contributed by atoms with Crippen LogP contribution in [-0.4, -0.2) is 44.8 Å². The Labute approximate surface area is 138 Å². The van der Waals surface area contributed by atoms with Gasteiger partial charge >= 0.3 is 5.97 Å². The maximum atomic E-state index is 11.7. The van der Waals surface area contributed by atoms with E-state index in [1.54, 1.807) is 10.8 Å². The molecule has 0 atom stereocenters. The third-order valence-corrected chi connectivity index (χ3v) is 5.28. The van der Waals surface area contributed by atoms with Crippen LogP contribution in [0.1, 0.15) is 30.7 Å². The fraction of sp³-hybridized carbons (Fsp3) is 0.643. The normalized spacial score (nSPS) is 10.6. The van der Waals surface area contributed by atoms with Gasteiger partial charge in [-0.05, 0) is 26.3 Å². The third kappa shape index (κ3) is 8.33. The van der Waals surface area contributed by atoms with Crippen molar-refractivity contribution in [3.05, 3.63) is 17.5 Å². The van der Waals surface area contributed by atoms with Gasteiger partial charge in [0, 0.05) is 36.7 Å². The minimum absolute atomic E-state index is 0.0534. The van der Waals surface area contributed by atoms with Crippen LogP contribution in [0, 0.1) is 13.8 Å². The number of hydrogen-bond acceptors (Lipinski definition) is 5. The number of nitrogens with one attached hydrogen (secondary N) is 1. The van der Waals surface area contributed by atoms with Crippen LogP contribution in [0.25, 0.3) is 0 Å². The van der Waals surface area contributed by atoms with Gasteiger partial charge in [0.25, 0.3) is 0 Å². The van der Waals surface area contributed by atoms with Crippen LogP contribution < -0.4 is 5.32 Å². The van der Waals surface area contributed by atoms with Crippen LogP contribution in [0.5, 0.6) is 0 Å². The molecule has 0 spiro atoms. The van der Waals surface area contributed by atoms with E-state index in [1.165, 1.54) is 10.8 Å². The molecule has 6 nitrogen and oxygen atoms in total. The fourth-order valence-electron chi connectivity index (χ4n) is 1.86. The summed E-state index contributed by atoms with van der Waals surface area (Å²) in [6.07, 6.45) is 1.44. The lowest BCUT2D eigenvalue weighted by molar-refractivity contribution is -0.136. The van der Waals surface area contributed by atoms with E-state index in [0.717, 1.165) is 30.1 Å². The first-order chi connectivity index (χ1) is 10.5. The number of carbonyl (C=O) groups is 2. The Hall–Kier alpha value is -1.15. The summed E-state index contributed by atoms with van der Waals surface area (Å²) in [4.78, 5) is 22.0. The van der Waals surface area contributed by atoms with Crippen molar-refractivity contribution >= 4 is 33.5 Å². The van der Waals surface area contributed by atoms with E-state index in [9.17, 15) is 9.59 Å². The highest BCUT2D eigenvalue weighted by Gasteiger charge is 2.04. The van der Waals surface area contributed by atoms with Gasteiger partial charge in [-0.2, -0.15) is 5.10 Å². The number of amides is 1. The summed E-state index contributed by atoms with van der Waals surface area (Å²) in [7, 11) is 3.11. The number of aryl methyl sites for hydroxylation is 3. The lowest BCUT2D eigenvalue weighted by Crippen LogP contribution is -2.25. The molecule has 0 radical (unpaired) electrons. The van der Waals surface area contributed by atoms with Gasteiger partial charge in [-0.15, -0.1) is 0 Å². The zero-order valence-electron chi connectivity index (χ0n) is 13.0. The molecule has 1 heterocycles. The van der Waals surface area contributed by atoms with Crippen molar-refractivity contribution in [1.82, 2.24) is 15.1 Å². The van der Waals surface area contributed by atoms with Gasteiger partial charge in [0.2, 0.25) is 5.91 Å². The van der Waals surface area contributed by atoms with Crippen molar-refractivity contribution in [1.29, 1.82) is 0 Å². The maximum absolute atomic E-state index is 11.7. The molecule has 0 saturated carbocycles. The molecule has 0 saturated heterocycles. The number of carboxylic acid groups (broad SMARTS) is 1. The van der Waals surface area contributed by atoms with Gasteiger partial charge in [0.15, 0.2) is 0 Å². The summed E-state index contributed by atoms with van der Waals surface area (Å²) in [5.41, 5.74) is 2.12. The molecule has 1 amide bonds. The Morgan fingerprint density at radius 1 is 1.27 bits per heavy atom. The van der Waals surface area contributed by atoms with Crippen molar-refractivity contribution < 1.29 is 14.7 Å². The van der Waals surface area contributed by atoms with E-state index in [0.29, 0.717) is 18.7 Å². The topological polar surface area (TPSA) is 84.2 Å². The highest BCUT2D eigenvalue weighted by Crippen LogP contribution is 2.20. The zero-order chi connectivity index (χ0) is 16.4. The second-order valence-corrected chi connectivity index (χ2v) is 7.59. The molecule has 1 rings (SSSR count). The Morgan fingerprint density at radius 2 is 2.00 bits per heavy atom. The van der Waals surface area contributed by atoms with Gasteiger partial charge in [0.1, 0.15) is 0 Å². The van der Waals surface area contributed by atoms with E-state index in [4.69, 9.17) is 5.11 Å². The van der Waals surface area contributed by atoms with Gasteiger partial charge in [-0.3, -0.25) is 14.3 Å². The molecule has 0 aliphatic carbocycles. The van der Waals surface area contributed by atoms with E-state index >= 15 is 0 Å². The van der Waals surface area contributed by atoms with Crippen LogP contribution in [0.4, 0.5) is 0 Å². The lowest BCUT2D eigenvalue weighted by atomic mass is 10.3. The average Bonchev–Trinajstić information content (AvgIpc) is 2.75. The molecule has 1 aromatic heterocycles. The monoisotopic (exact) mass is 345 g/mol. The predicted molar refractivity (Wildman–Crippen MR) is 91.1 cm³/mol. The zero-order valence-corrected chi connectivity index (χ0v) is 14.6. The molecule has 124 valence electrons. The number of carbonyl (C=O) groups excluding carboxylic acids is 1. The molecule has 1 aromatic rings. The summed E-state index contributed by atoms with van der Waals surface area (Å²) < 4.78 is 1.93. The van der Waals surface area contributed by atoms with E-state index < -0.39 is 5.97 Å². The smallest absolute Gasteiger partial charge is 0.304 e. The molecule has 0 bridgehead atoms. The Morgan fingerprint density at radius 3 is 2.64 bits per heavy atom. The number of carboxylic acids is 1. The largest absolute Gasteiger partial charge is 0.481 e. The van der Waals surface area contributed by atoms with Crippen molar-refractivity contribution in [2.45, 2.75) is 39.7 Å². The van der Waals surface area contributed by atoms with Crippen LogP contribution in [0.15, 0.2) is 6.07 Å². The van der Waals surface area contributed by atoms with Gasteiger partial charge < -0.3 is 10.4 Å². The number of hydrogen-bond donors (Lipinski definition) is 2. The number of rotatable bonds is 11. The van der Waals surface area contributed by atoms with Crippen molar-refractivity contribution in [3.8, 4) is 0 Å². The maximum Gasteiger partial charge on any atom is 0.304 e. The van der Waals surface area contributed by atoms with Crippen LogP contribution >= 0.6 is 21.6 Å². The first-order valence-corrected chi connectivity index (χ1v) is 9.72. The molecule has 0 aliphatic heterocycles. The van der Waals surface area contributed by atoms with Gasteiger partial charge in [-0.25, -0.2) is 0 Å². The van der Waals surface area contributed by atoms with E-state index in [1.807, 2.05) is 24.6 Å². The molecule has 22 heavy (non-hydrogen) atoms. The first-order valence-electron chi connectivity index (χ1n) is 7.23. The summed E-state index contributed by atoms with van der Waals surface area (Å²) in [6, 6.07) is 2.03. The Kier molecular flexibility index (Phi) is 9.07.